The minimum Gasteiger partial charge on any atom is -0.598 e. The molecule has 48 heavy (non-hydrogen) atoms. The largest absolute Gasteiger partial charge is 0.598 e. The Hall–Kier alpha value is -2.03. The molecule has 4 aromatic rings. The second-order valence-corrected chi connectivity index (χ2v) is 24.1. The van der Waals surface area contributed by atoms with Gasteiger partial charge in [0.25, 0.3) is 0 Å². The monoisotopic (exact) mass is 800 g/mol. The number of alkyl halides is 1. The van der Waals surface area contributed by atoms with E-state index >= 15 is 0 Å². The highest BCUT2D eigenvalue weighted by atomic mass is 127. The Balaban J connectivity index is 1.58. The molecule has 1 fully saturated rings. The number of rotatable bonds is 11. The minimum absolute atomic E-state index is 0.128. The van der Waals surface area contributed by atoms with Gasteiger partial charge in [-0.3, -0.25) is 0 Å². The molecule has 8 nitrogen and oxygen atoms in total. The van der Waals surface area contributed by atoms with E-state index in [1.54, 1.807) is 0 Å². The number of aromatic nitrogens is 4. The topological polar surface area (TPSA) is 91.2 Å². The van der Waals surface area contributed by atoms with Gasteiger partial charge in [-0.05, 0) is 124 Å². The summed E-state index contributed by atoms with van der Waals surface area (Å²) in [5, 5.41) is 6.15. The van der Waals surface area contributed by atoms with Gasteiger partial charge in [0, 0.05) is 41.1 Å². The number of hydrogen-bond acceptors (Lipinski definition) is 7. The molecule has 4 heterocycles. The predicted molar refractivity (Wildman–Crippen MR) is 212 cm³/mol. The number of pyridine rings is 2. The second kappa shape index (κ2) is 14.7. The molecule has 0 saturated carbocycles. The highest BCUT2D eigenvalue weighted by Crippen LogP contribution is 2.39. The molecule has 1 unspecified atom stereocenters. The lowest BCUT2D eigenvalue weighted by atomic mass is 10.0. The van der Waals surface area contributed by atoms with Crippen LogP contribution in [0.2, 0.25) is 18.1 Å². The predicted octanol–water partition coefficient (Wildman–Crippen LogP) is 9.43. The maximum Gasteiger partial charge on any atom is 0.192 e. The van der Waals surface area contributed by atoms with Crippen molar-refractivity contribution >= 4 is 58.9 Å². The maximum absolute atomic E-state index is 13.3. The van der Waals surface area contributed by atoms with Crippen LogP contribution in [0, 0.1) is 0 Å². The molecule has 0 radical (unpaired) electrons. The first-order valence-electron chi connectivity index (χ1n) is 17.3. The smallest absolute Gasteiger partial charge is 0.192 e. The molecule has 1 aromatic carbocycles. The van der Waals surface area contributed by atoms with Crippen LogP contribution in [-0.2, 0) is 25.9 Å². The minimum atomic E-state index is -1.93. The second-order valence-electron chi connectivity index (χ2n) is 15.5. The van der Waals surface area contributed by atoms with Gasteiger partial charge in [0.15, 0.2) is 17.7 Å². The number of fused-ring (bicyclic) bond motifs is 1. The highest BCUT2D eigenvalue weighted by Gasteiger charge is 2.39. The molecule has 0 bridgehead atoms. The van der Waals surface area contributed by atoms with Crippen LogP contribution in [0.25, 0.3) is 28.0 Å². The molecule has 0 aliphatic carbocycles. The molecule has 1 aliphatic rings. The summed E-state index contributed by atoms with van der Waals surface area (Å²) in [5.41, 5.74) is 5.86. The molecule has 3 aromatic heterocycles. The Morgan fingerprint density at radius 1 is 0.979 bits per heavy atom. The summed E-state index contributed by atoms with van der Waals surface area (Å²) < 4.78 is 24.2. The molecule has 11 heteroatoms. The Morgan fingerprint density at radius 3 is 2.35 bits per heavy atom. The Kier molecular flexibility index (Phi) is 11.4. The lowest BCUT2D eigenvalue weighted by Gasteiger charge is -2.36. The summed E-state index contributed by atoms with van der Waals surface area (Å²) in [4.78, 5) is 12.8. The summed E-state index contributed by atoms with van der Waals surface area (Å²) in [6.45, 7) is 22.0. The molecule has 0 amide bonds. The zero-order chi connectivity index (χ0) is 34.9. The van der Waals surface area contributed by atoms with Gasteiger partial charge in [0.1, 0.15) is 4.75 Å². The van der Waals surface area contributed by atoms with Gasteiger partial charge in [-0.15, -0.1) is 4.72 Å². The fourth-order valence-corrected chi connectivity index (χ4v) is 8.85. The van der Waals surface area contributed by atoms with E-state index in [4.69, 9.17) is 19.5 Å². The van der Waals surface area contributed by atoms with Crippen LogP contribution < -0.4 is 9.62 Å². The van der Waals surface area contributed by atoms with Crippen LogP contribution >= 0.6 is 22.6 Å². The third kappa shape index (κ3) is 8.29. The van der Waals surface area contributed by atoms with Gasteiger partial charge < -0.3 is 13.9 Å². The lowest BCUT2D eigenvalue weighted by molar-refractivity contribution is 0.272. The van der Waals surface area contributed by atoms with E-state index in [1.807, 2.05) is 55.9 Å². The summed E-state index contributed by atoms with van der Waals surface area (Å²) in [6.07, 6.45) is 7.33. The van der Waals surface area contributed by atoms with E-state index in [0.717, 1.165) is 65.3 Å². The quantitative estimate of drug-likeness (QED) is 0.0532. The van der Waals surface area contributed by atoms with Crippen molar-refractivity contribution in [3.8, 4) is 17.1 Å². The van der Waals surface area contributed by atoms with Crippen molar-refractivity contribution in [2.45, 2.75) is 114 Å². The molecule has 5 rings (SSSR count). The van der Waals surface area contributed by atoms with Gasteiger partial charge in [-0.1, -0.05) is 46.2 Å². The standard InChI is InChI=1S/C37H53IN6O2SSi/c1-10-20-37(38,42-47(45)35(2,3)4)33-18-15-17-30(41-33)27-23-31(43-21-12-11-13-22-43)29-25-39-44(32(29)24-27)34-19-14-16-28(40-34)26-46-48(8,9)36(5,6)7/h14-19,23-25,42H,10-13,20-22,26H2,1-9H3/t37-,47?/m1/s1. The van der Waals surface area contributed by atoms with E-state index in [1.165, 1.54) is 24.9 Å². The summed E-state index contributed by atoms with van der Waals surface area (Å²) in [7, 11) is -1.93. The fourth-order valence-electron chi connectivity index (χ4n) is 5.66. The zero-order valence-electron chi connectivity index (χ0n) is 30.2. The van der Waals surface area contributed by atoms with Crippen molar-refractivity contribution in [2.24, 2.45) is 0 Å². The van der Waals surface area contributed by atoms with Crippen LogP contribution in [-0.4, -0.2) is 50.5 Å². The Morgan fingerprint density at radius 2 is 1.69 bits per heavy atom. The van der Waals surface area contributed by atoms with Gasteiger partial charge in [-0.25, -0.2) is 14.6 Å². The average molecular weight is 801 g/mol. The third-order valence-electron chi connectivity index (χ3n) is 9.62. The van der Waals surface area contributed by atoms with Gasteiger partial charge in [-0.2, -0.15) is 5.10 Å². The normalized spacial score (nSPS) is 16.7. The van der Waals surface area contributed by atoms with E-state index in [-0.39, 0.29) is 5.04 Å². The van der Waals surface area contributed by atoms with Crippen LogP contribution in [0.5, 0.6) is 0 Å². The number of nitrogens with zero attached hydrogens (tertiary/aromatic N) is 5. The van der Waals surface area contributed by atoms with Crippen LogP contribution in [0.15, 0.2) is 54.7 Å². The number of benzene rings is 1. The Bertz CT molecular complexity index is 1710. The number of nitrogens with one attached hydrogen (secondary N) is 1. The van der Waals surface area contributed by atoms with Crippen molar-refractivity contribution in [1.29, 1.82) is 0 Å². The van der Waals surface area contributed by atoms with Crippen molar-refractivity contribution in [2.75, 3.05) is 18.0 Å². The molecule has 260 valence electrons. The van der Waals surface area contributed by atoms with Gasteiger partial charge in [0.2, 0.25) is 0 Å². The molecule has 2 atom stereocenters. The van der Waals surface area contributed by atoms with Crippen molar-refractivity contribution in [3.63, 3.8) is 0 Å². The van der Waals surface area contributed by atoms with Gasteiger partial charge >= 0.3 is 0 Å². The number of hydrogen-bond donors (Lipinski definition) is 1. The SMILES string of the molecule is CCC[C@@](I)(N[S+]([O-])C(C)(C)C)c1cccc(-c2cc(N3CCCCC3)c3cnn(-c4cccc(CO[Si](C)(C)C(C)(C)C)n4)c3c2)n1. The molecule has 1 N–H and O–H groups in total. The van der Waals surface area contributed by atoms with Crippen LogP contribution in [0.1, 0.15) is 92.0 Å². The van der Waals surface area contributed by atoms with E-state index in [9.17, 15) is 4.55 Å². The summed E-state index contributed by atoms with van der Waals surface area (Å²) in [5.74, 6) is 0.771. The average Bonchev–Trinajstić information content (AvgIpc) is 3.47. The first-order valence-corrected chi connectivity index (χ1v) is 22.4. The number of piperidine rings is 1. The summed E-state index contributed by atoms with van der Waals surface area (Å²) in [6, 6.07) is 16.8. The molecule has 1 aliphatic heterocycles. The van der Waals surface area contributed by atoms with Crippen molar-refractivity contribution in [1.82, 2.24) is 24.5 Å². The maximum atomic E-state index is 13.3. The van der Waals surface area contributed by atoms with Crippen molar-refractivity contribution < 1.29 is 8.98 Å². The van der Waals surface area contributed by atoms with E-state index < -0.39 is 28.0 Å². The first kappa shape index (κ1) is 37.2. The molecule has 1 saturated heterocycles. The molecule has 0 spiro atoms. The highest BCUT2D eigenvalue weighted by molar-refractivity contribution is 14.1. The lowest BCUT2D eigenvalue weighted by Crippen LogP contribution is -2.48. The first-order chi connectivity index (χ1) is 22.5. The Labute approximate surface area is 305 Å². The van der Waals surface area contributed by atoms with Crippen molar-refractivity contribution in [3.05, 3.63) is 66.1 Å². The third-order valence-corrected chi connectivity index (χ3v) is 17.5. The number of halogens is 1. The summed E-state index contributed by atoms with van der Waals surface area (Å²) >= 11 is 1.17. The van der Waals surface area contributed by atoms with Crippen LogP contribution in [0.4, 0.5) is 5.69 Å². The van der Waals surface area contributed by atoms with E-state index in [0.29, 0.717) is 6.61 Å². The molecular formula is C37H53IN6O2SSi. The zero-order valence-corrected chi connectivity index (χ0v) is 34.2. The molecular weight excluding hydrogens is 748 g/mol. The van der Waals surface area contributed by atoms with Gasteiger partial charge in [0.05, 0.1) is 35.4 Å². The van der Waals surface area contributed by atoms with E-state index in [2.05, 4.69) is 97.3 Å². The fraction of sp³-hybridized carbons (Fsp3) is 0.541. The number of anilines is 1. The van der Waals surface area contributed by atoms with Crippen LogP contribution in [0.3, 0.4) is 0 Å².